The van der Waals surface area contributed by atoms with Gasteiger partial charge in [0.15, 0.2) is 0 Å². The van der Waals surface area contributed by atoms with Crippen molar-refractivity contribution in [1.82, 2.24) is 10.2 Å². The van der Waals surface area contributed by atoms with Gasteiger partial charge in [0.05, 0.1) is 10.6 Å². The summed E-state index contributed by atoms with van der Waals surface area (Å²) in [7, 11) is -4.17. The van der Waals surface area contributed by atoms with Gasteiger partial charge < -0.3 is 10.2 Å². The first-order chi connectivity index (χ1) is 22.1. The third-order valence-electron chi connectivity index (χ3n) is 7.59. The molecule has 242 valence electrons. The number of carbonyl (C=O) groups is 2. The van der Waals surface area contributed by atoms with Crippen molar-refractivity contribution in [3.8, 4) is 0 Å². The average molecular weight is 678 g/mol. The molecular weight excluding hydrogens is 638 g/mol. The zero-order chi connectivity index (χ0) is 33.1. The third kappa shape index (κ3) is 9.37. The van der Waals surface area contributed by atoms with Gasteiger partial charge in [-0.1, -0.05) is 85.1 Å². The second-order valence-corrected chi connectivity index (χ2v) is 14.2. The maximum absolute atomic E-state index is 14.5. The Morgan fingerprint density at radius 2 is 1.57 bits per heavy atom. The van der Waals surface area contributed by atoms with E-state index in [4.69, 9.17) is 11.6 Å². The summed E-state index contributed by atoms with van der Waals surface area (Å²) in [6.07, 6.45) is 3.86. The number of halogens is 1. The lowest BCUT2D eigenvalue weighted by Gasteiger charge is -2.34. The maximum atomic E-state index is 14.5. The number of amides is 2. The first-order valence-electron chi connectivity index (χ1n) is 15.2. The van der Waals surface area contributed by atoms with Crippen LogP contribution in [0.15, 0.2) is 113 Å². The Morgan fingerprint density at radius 1 is 0.891 bits per heavy atom. The van der Waals surface area contributed by atoms with E-state index >= 15 is 0 Å². The van der Waals surface area contributed by atoms with Gasteiger partial charge in [0.2, 0.25) is 11.8 Å². The average Bonchev–Trinajstić information content (AvgIpc) is 3.06. The summed E-state index contributed by atoms with van der Waals surface area (Å²) in [5.41, 5.74) is 2.89. The summed E-state index contributed by atoms with van der Waals surface area (Å²) in [5.74, 6) is -0.818. The summed E-state index contributed by atoms with van der Waals surface area (Å²) in [5, 5.41) is 3.50. The Labute approximate surface area is 282 Å². The molecule has 1 N–H and O–H groups in total. The van der Waals surface area contributed by atoms with Crippen LogP contribution >= 0.6 is 23.4 Å². The molecule has 0 saturated carbocycles. The molecule has 1 atom stereocenters. The van der Waals surface area contributed by atoms with E-state index in [2.05, 4.69) is 5.32 Å². The molecule has 0 unspecified atom stereocenters. The van der Waals surface area contributed by atoms with E-state index in [9.17, 15) is 18.0 Å². The van der Waals surface area contributed by atoms with Gasteiger partial charge in [-0.05, 0) is 79.3 Å². The number of aryl methyl sites for hydroxylation is 1. The van der Waals surface area contributed by atoms with Crippen LogP contribution in [0.25, 0.3) is 0 Å². The largest absolute Gasteiger partial charge is 0.354 e. The van der Waals surface area contributed by atoms with Gasteiger partial charge in [0.25, 0.3) is 10.0 Å². The molecule has 0 saturated heterocycles. The third-order valence-corrected chi connectivity index (χ3v) is 10.4. The summed E-state index contributed by atoms with van der Waals surface area (Å²) >= 11 is 7.83. The summed E-state index contributed by atoms with van der Waals surface area (Å²) in [6.45, 7) is 3.96. The summed E-state index contributed by atoms with van der Waals surface area (Å²) in [6, 6.07) is 29.3. The SMILES string of the molecule is CCCCNC(=O)[C@@H](Cc1ccccc1)N(Cc1cccc(Cl)c1)C(=O)CN(c1ccc(C)cc1)S(=O)(=O)c1ccc(SC)cc1. The van der Waals surface area contributed by atoms with Gasteiger partial charge in [0, 0.05) is 29.4 Å². The van der Waals surface area contributed by atoms with Crippen LogP contribution in [0.5, 0.6) is 0 Å². The fourth-order valence-electron chi connectivity index (χ4n) is 5.01. The number of hydrogen-bond donors (Lipinski definition) is 1. The van der Waals surface area contributed by atoms with E-state index in [0.29, 0.717) is 17.3 Å². The predicted molar refractivity (Wildman–Crippen MR) is 188 cm³/mol. The summed E-state index contributed by atoms with van der Waals surface area (Å²) in [4.78, 5) is 30.8. The number of nitrogens with one attached hydrogen (secondary N) is 1. The molecule has 0 radical (unpaired) electrons. The highest BCUT2D eigenvalue weighted by Gasteiger charge is 2.34. The van der Waals surface area contributed by atoms with Crippen LogP contribution < -0.4 is 9.62 Å². The van der Waals surface area contributed by atoms with E-state index in [1.165, 1.54) is 16.7 Å². The molecule has 4 aromatic carbocycles. The van der Waals surface area contributed by atoms with Crippen molar-refractivity contribution < 1.29 is 18.0 Å². The smallest absolute Gasteiger partial charge is 0.264 e. The zero-order valence-electron chi connectivity index (χ0n) is 26.4. The molecule has 0 aliphatic heterocycles. The van der Waals surface area contributed by atoms with Gasteiger partial charge in [-0.25, -0.2) is 8.42 Å². The first kappa shape index (κ1) is 35.1. The van der Waals surface area contributed by atoms with Crippen LogP contribution in [0.3, 0.4) is 0 Å². The molecule has 2 amide bonds. The first-order valence-corrected chi connectivity index (χ1v) is 18.3. The topological polar surface area (TPSA) is 86.8 Å². The molecule has 0 aromatic heterocycles. The fourth-order valence-corrected chi connectivity index (χ4v) is 7.04. The lowest BCUT2D eigenvalue weighted by molar-refractivity contribution is -0.140. The van der Waals surface area contributed by atoms with Crippen molar-refractivity contribution in [2.45, 2.75) is 55.5 Å². The lowest BCUT2D eigenvalue weighted by Crippen LogP contribution is -2.53. The fraction of sp³-hybridized carbons (Fsp3) is 0.278. The molecule has 0 heterocycles. The molecule has 0 aliphatic rings. The molecule has 0 fully saturated rings. The van der Waals surface area contributed by atoms with Gasteiger partial charge >= 0.3 is 0 Å². The van der Waals surface area contributed by atoms with E-state index < -0.39 is 28.5 Å². The minimum absolute atomic E-state index is 0.0578. The lowest BCUT2D eigenvalue weighted by atomic mass is 10.0. The molecule has 46 heavy (non-hydrogen) atoms. The number of thioether (sulfide) groups is 1. The number of hydrogen-bond acceptors (Lipinski definition) is 5. The van der Waals surface area contributed by atoms with Gasteiger partial charge in [0.1, 0.15) is 12.6 Å². The molecule has 7 nitrogen and oxygen atoms in total. The molecule has 0 bridgehead atoms. The monoisotopic (exact) mass is 677 g/mol. The summed E-state index contributed by atoms with van der Waals surface area (Å²) < 4.78 is 29.5. The number of anilines is 1. The van der Waals surface area contributed by atoms with Crippen molar-refractivity contribution >= 4 is 50.9 Å². The van der Waals surface area contributed by atoms with Crippen LogP contribution in [0, 0.1) is 6.92 Å². The molecule has 0 spiro atoms. The highest BCUT2D eigenvalue weighted by molar-refractivity contribution is 7.98. The molecule has 4 rings (SSSR count). The quantitative estimate of drug-likeness (QED) is 0.107. The second-order valence-electron chi connectivity index (χ2n) is 11.0. The molecule has 10 heteroatoms. The van der Waals surface area contributed by atoms with Crippen LogP contribution in [0.1, 0.15) is 36.5 Å². The minimum Gasteiger partial charge on any atom is -0.354 e. The number of unbranched alkanes of at least 4 members (excludes halogenated alkanes) is 1. The van der Waals surface area contributed by atoms with E-state index in [-0.39, 0.29) is 23.8 Å². The maximum Gasteiger partial charge on any atom is 0.264 e. The number of nitrogens with zero attached hydrogens (tertiary/aromatic N) is 2. The van der Waals surface area contributed by atoms with Crippen molar-refractivity contribution in [3.05, 3.63) is 125 Å². The number of benzene rings is 4. The van der Waals surface area contributed by atoms with Crippen molar-refractivity contribution in [3.63, 3.8) is 0 Å². The standard InChI is InChI=1S/C36H40ClN3O4S2/c1-4-5-22-38-36(42)34(24-28-10-7-6-8-11-28)39(25-29-12-9-13-30(37)23-29)35(41)26-40(31-16-14-27(2)15-17-31)46(43,44)33-20-18-32(45-3)19-21-33/h6-21,23,34H,4-5,22,24-26H2,1-3H3,(H,38,42)/t34-/m1/s1. The Kier molecular flexibility index (Phi) is 12.7. The van der Waals surface area contributed by atoms with Crippen LogP contribution in [0.4, 0.5) is 5.69 Å². The number of sulfonamides is 1. The molecular formula is C36H40ClN3O4S2. The Hall–Kier alpha value is -3.79. The zero-order valence-corrected chi connectivity index (χ0v) is 28.7. The minimum atomic E-state index is -4.17. The van der Waals surface area contributed by atoms with Crippen molar-refractivity contribution in [1.29, 1.82) is 0 Å². The van der Waals surface area contributed by atoms with Gasteiger partial charge in [-0.15, -0.1) is 11.8 Å². The highest BCUT2D eigenvalue weighted by Crippen LogP contribution is 2.27. The van der Waals surface area contributed by atoms with E-state index in [1.807, 2.05) is 68.6 Å². The van der Waals surface area contributed by atoms with Gasteiger partial charge in [-0.3, -0.25) is 13.9 Å². The Morgan fingerprint density at radius 3 is 2.20 bits per heavy atom. The highest BCUT2D eigenvalue weighted by atomic mass is 35.5. The number of rotatable bonds is 15. The molecule has 4 aromatic rings. The normalized spacial score (nSPS) is 11.9. The van der Waals surface area contributed by atoms with Gasteiger partial charge in [-0.2, -0.15) is 0 Å². The van der Waals surface area contributed by atoms with Crippen molar-refractivity contribution in [2.75, 3.05) is 23.7 Å². The Balaban J connectivity index is 1.78. The molecule has 0 aliphatic carbocycles. The second kappa shape index (κ2) is 16.7. The van der Waals surface area contributed by atoms with Crippen LogP contribution in [-0.2, 0) is 32.6 Å². The van der Waals surface area contributed by atoms with Crippen molar-refractivity contribution in [2.24, 2.45) is 0 Å². The predicted octanol–water partition coefficient (Wildman–Crippen LogP) is 7.12. The Bertz CT molecular complexity index is 1700. The van der Waals surface area contributed by atoms with Crippen LogP contribution in [-0.4, -0.2) is 50.5 Å². The number of carbonyl (C=O) groups excluding carboxylic acids is 2. The van der Waals surface area contributed by atoms with Crippen LogP contribution in [0.2, 0.25) is 5.02 Å². The van der Waals surface area contributed by atoms with E-state index in [1.54, 1.807) is 54.6 Å². The van der Waals surface area contributed by atoms with E-state index in [0.717, 1.165) is 38.7 Å².